The van der Waals surface area contributed by atoms with E-state index in [1.165, 1.54) is 0 Å². The number of halogens is 1. The van der Waals surface area contributed by atoms with Gasteiger partial charge in [0.2, 0.25) is 5.91 Å². The van der Waals surface area contributed by atoms with E-state index in [1.807, 2.05) is 11.0 Å². The molecule has 0 aliphatic carbocycles. The average molecular weight is 270 g/mol. The van der Waals surface area contributed by atoms with Crippen LogP contribution in [0.25, 0.3) is 0 Å². The Morgan fingerprint density at radius 2 is 2.11 bits per heavy atom. The van der Waals surface area contributed by atoms with Crippen molar-refractivity contribution in [1.82, 2.24) is 4.90 Å². The molecule has 4 N–H and O–H groups in total. The lowest BCUT2D eigenvalue weighted by atomic mass is 10.1. The van der Waals surface area contributed by atoms with Crippen LogP contribution in [0.15, 0.2) is 18.2 Å². The average Bonchev–Trinajstić information content (AvgIpc) is 2.20. The Morgan fingerprint density at radius 3 is 2.61 bits per heavy atom. The van der Waals surface area contributed by atoms with Gasteiger partial charge in [-0.25, -0.2) is 0 Å². The van der Waals surface area contributed by atoms with E-state index in [1.54, 1.807) is 12.1 Å². The summed E-state index contributed by atoms with van der Waals surface area (Å²) in [7, 11) is 0. The maximum absolute atomic E-state index is 11.0. The number of hydrogen-bond acceptors (Lipinski definition) is 3. The molecule has 0 bridgehead atoms. The number of hydrogen-bond donors (Lipinski definition) is 2. The summed E-state index contributed by atoms with van der Waals surface area (Å²) in [6.45, 7) is 5.82. The van der Waals surface area contributed by atoms with Crippen LogP contribution in [-0.2, 0) is 11.3 Å². The first-order valence-corrected chi connectivity index (χ1v) is 6.31. The lowest BCUT2D eigenvalue weighted by molar-refractivity contribution is -0.119. The van der Waals surface area contributed by atoms with Crippen molar-refractivity contribution in [1.29, 1.82) is 0 Å². The first-order valence-electron chi connectivity index (χ1n) is 5.93. The molecule has 0 saturated carbocycles. The minimum absolute atomic E-state index is 0.235. The van der Waals surface area contributed by atoms with Crippen LogP contribution in [0, 0.1) is 5.92 Å². The van der Waals surface area contributed by atoms with Crippen LogP contribution in [0.4, 0.5) is 5.69 Å². The smallest absolute Gasteiger partial charge is 0.231 e. The molecule has 0 radical (unpaired) electrons. The van der Waals surface area contributed by atoms with Crippen molar-refractivity contribution < 1.29 is 4.79 Å². The maximum Gasteiger partial charge on any atom is 0.231 e. The van der Waals surface area contributed by atoms with Gasteiger partial charge in [0.05, 0.1) is 6.54 Å². The molecule has 0 unspecified atom stereocenters. The van der Waals surface area contributed by atoms with E-state index in [-0.39, 0.29) is 12.5 Å². The molecule has 0 aromatic heterocycles. The van der Waals surface area contributed by atoms with Crippen LogP contribution < -0.4 is 11.5 Å². The first-order chi connectivity index (χ1) is 8.38. The molecule has 100 valence electrons. The molecule has 0 heterocycles. The number of carbonyl (C=O) groups is 1. The van der Waals surface area contributed by atoms with Crippen molar-refractivity contribution in [2.24, 2.45) is 11.7 Å². The monoisotopic (exact) mass is 269 g/mol. The molecule has 0 aliphatic rings. The Balaban J connectivity index is 2.78. The van der Waals surface area contributed by atoms with Gasteiger partial charge in [0, 0.05) is 23.8 Å². The topological polar surface area (TPSA) is 72.3 Å². The predicted octanol–water partition coefficient (Wildman–Crippen LogP) is 1.87. The predicted molar refractivity (Wildman–Crippen MR) is 75.2 cm³/mol. The Morgan fingerprint density at radius 1 is 1.44 bits per heavy atom. The van der Waals surface area contributed by atoms with Crippen LogP contribution >= 0.6 is 11.6 Å². The minimum Gasteiger partial charge on any atom is -0.399 e. The SMILES string of the molecule is CC(C)CN(CC(N)=O)Cc1ccc(N)cc1Cl. The summed E-state index contributed by atoms with van der Waals surface area (Å²) in [5.41, 5.74) is 12.5. The lowest BCUT2D eigenvalue weighted by Gasteiger charge is -2.23. The zero-order chi connectivity index (χ0) is 13.7. The first kappa shape index (κ1) is 14.8. The molecule has 0 spiro atoms. The van der Waals surface area contributed by atoms with Crippen LogP contribution in [0.5, 0.6) is 0 Å². The highest BCUT2D eigenvalue weighted by molar-refractivity contribution is 6.31. The van der Waals surface area contributed by atoms with Gasteiger partial charge in [-0.3, -0.25) is 9.69 Å². The van der Waals surface area contributed by atoms with Crippen molar-refractivity contribution in [3.05, 3.63) is 28.8 Å². The zero-order valence-electron chi connectivity index (χ0n) is 10.8. The summed E-state index contributed by atoms with van der Waals surface area (Å²) < 4.78 is 0. The van der Waals surface area contributed by atoms with Gasteiger partial charge in [0.15, 0.2) is 0 Å². The Kier molecular flexibility index (Phi) is 5.44. The summed E-state index contributed by atoms with van der Waals surface area (Å²) >= 11 is 6.12. The molecule has 0 aliphatic heterocycles. The summed E-state index contributed by atoms with van der Waals surface area (Å²) in [5, 5.41) is 0.619. The summed E-state index contributed by atoms with van der Waals surface area (Å²) in [5.74, 6) is 0.124. The molecule has 0 fully saturated rings. The maximum atomic E-state index is 11.0. The van der Waals surface area contributed by atoms with Gasteiger partial charge in [-0.2, -0.15) is 0 Å². The Hall–Kier alpha value is -1.26. The molecule has 1 amide bonds. The Bertz CT molecular complexity index is 421. The van der Waals surface area contributed by atoms with Crippen LogP contribution in [0.1, 0.15) is 19.4 Å². The lowest BCUT2D eigenvalue weighted by Crippen LogP contribution is -2.35. The second-order valence-electron chi connectivity index (χ2n) is 4.88. The highest BCUT2D eigenvalue weighted by atomic mass is 35.5. The number of nitrogens with zero attached hydrogens (tertiary/aromatic N) is 1. The number of benzene rings is 1. The van der Waals surface area contributed by atoms with Gasteiger partial charge >= 0.3 is 0 Å². The summed E-state index contributed by atoms with van der Waals surface area (Å²) in [4.78, 5) is 13.0. The Labute approximate surface area is 113 Å². The van der Waals surface area contributed by atoms with E-state index < -0.39 is 0 Å². The third-order valence-electron chi connectivity index (χ3n) is 2.47. The van der Waals surface area contributed by atoms with E-state index in [9.17, 15) is 4.79 Å². The quantitative estimate of drug-likeness (QED) is 0.775. The number of primary amides is 1. The number of nitrogen functional groups attached to an aromatic ring is 1. The van der Waals surface area contributed by atoms with Gasteiger partial charge in [-0.05, 0) is 23.6 Å². The molecule has 1 aromatic carbocycles. The molecular formula is C13H20ClN3O. The second kappa shape index (κ2) is 6.61. The van der Waals surface area contributed by atoms with E-state index >= 15 is 0 Å². The summed E-state index contributed by atoms with van der Waals surface area (Å²) in [6, 6.07) is 5.40. The van der Waals surface area contributed by atoms with Crippen molar-refractivity contribution in [3.8, 4) is 0 Å². The molecular weight excluding hydrogens is 250 g/mol. The van der Waals surface area contributed by atoms with E-state index in [2.05, 4.69) is 13.8 Å². The van der Waals surface area contributed by atoms with Crippen molar-refractivity contribution in [3.63, 3.8) is 0 Å². The van der Waals surface area contributed by atoms with E-state index in [0.29, 0.717) is 23.2 Å². The molecule has 1 aromatic rings. The number of rotatable bonds is 6. The van der Waals surface area contributed by atoms with Gasteiger partial charge in [-0.1, -0.05) is 31.5 Å². The molecule has 0 atom stereocenters. The minimum atomic E-state index is -0.331. The number of anilines is 1. The highest BCUT2D eigenvalue weighted by Crippen LogP contribution is 2.21. The van der Waals surface area contributed by atoms with Crippen LogP contribution in [-0.4, -0.2) is 23.9 Å². The molecule has 0 saturated heterocycles. The van der Waals surface area contributed by atoms with E-state index in [4.69, 9.17) is 23.1 Å². The number of nitrogens with two attached hydrogens (primary N) is 2. The van der Waals surface area contributed by atoms with Gasteiger partial charge < -0.3 is 11.5 Å². The molecule has 4 nitrogen and oxygen atoms in total. The van der Waals surface area contributed by atoms with Crippen molar-refractivity contribution in [2.45, 2.75) is 20.4 Å². The van der Waals surface area contributed by atoms with Crippen molar-refractivity contribution in [2.75, 3.05) is 18.8 Å². The molecule has 18 heavy (non-hydrogen) atoms. The van der Waals surface area contributed by atoms with Gasteiger partial charge in [0.1, 0.15) is 0 Å². The standard InChI is InChI=1S/C13H20ClN3O/c1-9(2)6-17(8-13(16)18)7-10-3-4-11(15)5-12(10)14/h3-5,9H,6-8,15H2,1-2H3,(H2,16,18). The zero-order valence-corrected chi connectivity index (χ0v) is 11.6. The third-order valence-corrected chi connectivity index (χ3v) is 2.83. The number of amides is 1. The van der Waals surface area contributed by atoms with E-state index in [0.717, 1.165) is 12.1 Å². The van der Waals surface area contributed by atoms with Gasteiger partial charge in [-0.15, -0.1) is 0 Å². The third kappa shape index (κ3) is 4.94. The van der Waals surface area contributed by atoms with Crippen LogP contribution in [0.3, 0.4) is 0 Å². The molecule has 5 heteroatoms. The fourth-order valence-electron chi connectivity index (χ4n) is 1.85. The summed E-state index contributed by atoms with van der Waals surface area (Å²) in [6.07, 6.45) is 0. The number of carbonyl (C=O) groups excluding carboxylic acids is 1. The normalized spacial score (nSPS) is 11.2. The van der Waals surface area contributed by atoms with Gasteiger partial charge in [0.25, 0.3) is 0 Å². The fourth-order valence-corrected chi connectivity index (χ4v) is 2.10. The fraction of sp³-hybridized carbons (Fsp3) is 0.462. The largest absolute Gasteiger partial charge is 0.399 e. The molecule has 1 rings (SSSR count). The van der Waals surface area contributed by atoms with Crippen LogP contribution in [0.2, 0.25) is 5.02 Å². The van der Waals surface area contributed by atoms with Crippen molar-refractivity contribution >= 4 is 23.2 Å². The second-order valence-corrected chi connectivity index (χ2v) is 5.29. The highest BCUT2D eigenvalue weighted by Gasteiger charge is 2.12.